The van der Waals surface area contributed by atoms with Gasteiger partial charge < -0.3 is 4.74 Å². The third-order valence-electron chi connectivity index (χ3n) is 4.85. The normalized spacial score (nSPS) is 21.1. The van der Waals surface area contributed by atoms with Crippen molar-refractivity contribution in [2.24, 2.45) is 10.3 Å². The molecule has 2 aliphatic heterocycles. The highest BCUT2D eigenvalue weighted by atomic mass is 35.5. The van der Waals surface area contributed by atoms with Crippen molar-refractivity contribution in [1.82, 2.24) is 5.01 Å². The van der Waals surface area contributed by atoms with Gasteiger partial charge in [-0.1, -0.05) is 41.1 Å². The van der Waals surface area contributed by atoms with Crippen molar-refractivity contribution >= 4 is 29.1 Å². The van der Waals surface area contributed by atoms with Crippen LogP contribution in [-0.2, 0) is 16.1 Å². The van der Waals surface area contributed by atoms with Crippen molar-refractivity contribution in [2.75, 3.05) is 12.0 Å². The van der Waals surface area contributed by atoms with E-state index in [4.69, 9.17) is 16.3 Å². The minimum Gasteiger partial charge on any atom is -0.495 e. The van der Waals surface area contributed by atoms with Crippen LogP contribution in [0.5, 0.6) is 5.75 Å². The van der Waals surface area contributed by atoms with Crippen molar-refractivity contribution in [3.8, 4) is 5.75 Å². The van der Waals surface area contributed by atoms with Crippen molar-refractivity contribution in [3.05, 3.63) is 58.6 Å². The molecule has 0 saturated carbocycles. The number of ether oxygens (including phenoxy) is 1. The molecule has 2 aromatic rings. The van der Waals surface area contributed by atoms with Crippen LogP contribution in [0.25, 0.3) is 0 Å². The third-order valence-corrected chi connectivity index (χ3v) is 5.14. The highest BCUT2D eigenvalue weighted by Gasteiger charge is 2.54. The van der Waals surface area contributed by atoms with Gasteiger partial charge in [0.05, 0.1) is 24.4 Å². The first-order chi connectivity index (χ1) is 13.0. The average molecular weight is 385 g/mol. The van der Waals surface area contributed by atoms with E-state index in [1.165, 1.54) is 7.11 Å². The van der Waals surface area contributed by atoms with Crippen LogP contribution in [0.2, 0.25) is 5.02 Å². The van der Waals surface area contributed by atoms with Gasteiger partial charge in [-0.05, 0) is 36.2 Å². The van der Waals surface area contributed by atoms with Crippen LogP contribution in [0.4, 0.5) is 5.69 Å². The lowest BCUT2D eigenvalue weighted by atomic mass is 10.1. The number of methoxy groups -OCH3 is 1. The molecule has 0 unspecified atom stereocenters. The number of carbonyl (C=O) groups is 2. The van der Waals surface area contributed by atoms with E-state index in [2.05, 4.69) is 10.3 Å². The van der Waals surface area contributed by atoms with Gasteiger partial charge in [-0.15, -0.1) is 0 Å². The molecule has 0 aliphatic carbocycles. The minimum atomic E-state index is -0.831. The molecule has 0 aromatic heterocycles. The van der Waals surface area contributed by atoms with Gasteiger partial charge in [0.1, 0.15) is 5.75 Å². The van der Waals surface area contributed by atoms with E-state index in [0.29, 0.717) is 23.0 Å². The van der Waals surface area contributed by atoms with E-state index in [1.54, 1.807) is 23.2 Å². The SMILES string of the molecule is COc1ccc(N2C(=O)[C@@H]3[C@@H](N=NN3Cc3ccccc3C)C2=O)cc1Cl. The second-order valence-electron chi connectivity index (χ2n) is 6.45. The summed E-state index contributed by atoms with van der Waals surface area (Å²) in [5, 5.41) is 10.0. The first-order valence-electron chi connectivity index (χ1n) is 8.44. The Morgan fingerprint density at radius 1 is 1.15 bits per heavy atom. The van der Waals surface area contributed by atoms with Crippen LogP contribution in [0.1, 0.15) is 11.1 Å². The van der Waals surface area contributed by atoms with Crippen molar-refractivity contribution < 1.29 is 14.3 Å². The standard InChI is InChI=1S/C19H17ClN4O3/c1-11-5-3-4-6-12(11)10-23-17-16(21-22-23)18(25)24(19(17)26)13-7-8-15(27-2)14(20)9-13/h3-9,16-17H,10H2,1-2H3/t16-,17+/m1/s1. The number of rotatable bonds is 4. The van der Waals surface area contributed by atoms with Crippen LogP contribution in [0, 0.1) is 6.92 Å². The zero-order valence-electron chi connectivity index (χ0n) is 14.8. The number of aryl methyl sites for hydroxylation is 1. The first kappa shape index (κ1) is 17.5. The lowest BCUT2D eigenvalue weighted by Crippen LogP contribution is -2.39. The van der Waals surface area contributed by atoms with Gasteiger partial charge in [-0.3, -0.25) is 14.6 Å². The smallest absolute Gasteiger partial charge is 0.263 e. The van der Waals surface area contributed by atoms with E-state index in [9.17, 15) is 9.59 Å². The summed E-state index contributed by atoms with van der Waals surface area (Å²) < 4.78 is 5.12. The average Bonchev–Trinajstić information content (AvgIpc) is 3.17. The number of fused-ring (bicyclic) bond motifs is 1. The van der Waals surface area contributed by atoms with E-state index in [-0.39, 0.29) is 5.91 Å². The largest absolute Gasteiger partial charge is 0.495 e. The Bertz CT molecular complexity index is 962. The van der Waals surface area contributed by atoms with Gasteiger partial charge in [0, 0.05) is 0 Å². The number of amides is 2. The molecule has 4 rings (SSSR count). The lowest BCUT2D eigenvalue weighted by molar-refractivity contribution is -0.123. The Kier molecular flexibility index (Phi) is 4.31. The Labute approximate surface area is 161 Å². The molecule has 0 radical (unpaired) electrons. The predicted octanol–water partition coefficient (Wildman–Crippen LogP) is 3.15. The summed E-state index contributed by atoms with van der Waals surface area (Å²) in [7, 11) is 1.50. The maximum Gasteiger partial charge on any atom is 0.263 e. The maximum atomic E-state index is 13.0. The Morgan fingerprint density at radius 3 is 2.63 bits per heavy atom. The van der Waals surface area contributed by atoms with Gasteiger partial charge in [-0.25, -0.2) is 4.90 Å². The molecule has 0 N–H and O–H groups in total. The van der Waals surface area contributed by atoms with Gasteiger partial charge in [-0.2, -0.15) is 5.11 Å². The number of hydrogen-bond donors (Lipinski definition) is 0. The molecule has 2 aromatic carbocycles. The Morgan fingerprint density at radius 2 is 1.93 bits per heavy atom. The van der Waals surface area contributed by atoms with Crippen molar-refractivity contribution in [1.29, 1.82) is 0 Å². The number of anilines is 1. The molecular weight excluding hydrogens is 368 g/mol. The molecule has 27 heavy (non-hydrogen) atoms. The summed E-state index contributed by atoms with van der Waals surface area (Å²) in [4.78, 5) is 26.9. The first-order valence-corrected chi connectivity index (χ1v) is 8.82. The number of hydrogen-bond acceptors (Lipinski definition) is 6. The fraction of sp³-hybridized carbons (Fsp3) is 0.263. The number of halogens is 1. The van der Waals surface area contributed by atoms with Crippen LogP contribution < -0.4 is 9.64 Å². The van der Waals surface area contributed by atoms with Crippen LogP contribution in [-0.4, -0.2) is 36.0 Å². The van der Waals surface area contributed by atoms with Gasteiger partial charge in [0.2, 0.25) is 0 Å². The predicted molar refractivity (Wildman–Crippen MR) is 99.7 cm³/mol. The van der Waals surface area contributed by atoms with Crippen LogP contribution in [0.3, 0.4) is 0 Å². The number of imide groups is 1. The summed E-state index contributed by atoms with van der Waals surface area (Å²) >= 11 is 6.15. The summed E-state index contributed by atoms with van der Waals surface area (Å²) in [6, 6.07) is 11.1. The zero-order chi connectivity index (χ0) is 19.1. The Hall–Kier alpha value is -2.93. The van der Waals surface area contributed by atoms with Gasteiger partial charge in [0.25, 0.3) is 11.8 Å². The molecule has 0 bridgehead atoms. The third kappa shape index (κ3) is 2.84. The van der Waals surface area contributed by atoms with Gasteiger partial charge >= 0.3 is 0 Å². The van der Waals surface area contributed by atoms with E-state index < -0.39 is 18.0 Å². The molecule has 2 aliphatic rings. The summed E-state index contributed by atoms with van der Waals surface area (Å²) in [5.41, 5.74) is 2.52. The molecule has 1 fully saturated rings. The number of carbonyl (C=O) groups excluding carboxylic acids is 2. The molecule has 2 heterocycles. The highest BCUT2D eigenvalue weighted by Crippen LogP contribution is 2.36. The van der Waals surface area contributed by atoms with Crippen LogP contribution >= 0.6 is 11.6 Å². The second-order valence-corrected chi connectivity index (χ2v) is 6.86. The Balaban J connectivity index is 1.62. The van der Waals surface area contributed by atoms with Crippen molar-refractivity contribution in [3.63, 3.8) is 0 Å². The van der Waals surface area contributed by atoms with Gasteiger partial charge in [0.15, 0.2) is 12.1 Å². The lowest BCUT2D eigenvalue weighted by Gasteiger charge is -2.21. The summed E-state index contributed by atoms with van der Waals surface area (Å²) in [6.45, 7) is 2.40. The van der Waals surface area contributed by atoms with E-state index in [0.717, 1.165) is 16.0 Å². The zero-order valence-corrected chi connectivity index (χ0v) is 15.6. The van der Waals surface area contributed by atoms with E-state index >= 15 is 0 Å². The minimum absolute atomic E-state index is 0.325. The topological polar surface area (TPSA) is 74.6 Å². The highest BCUT2D eigenvalue weighted by molar-refractivity contribution is 6.33. The van der Waals surface area contributed by atoms with Crippen molar-refractivity contribution in [2.45, 2.75) is 25.6 Å². The molecule has 1 saturated heterocycles. The molecule has 2 atom stereocenters. The number of nitrogens with zero attached hydrogens (tertiary/aromatic N) is 4. The quantitative estimate of drug-likeness (QED) is 0.759. The second kappa shape index (κ2) is 6.66. The summed E-state index contributed by atoms with van der Waals surface area (Å²) in [6.07, 6.45) is 0. The number of benzene rings is 2. The molecule has 8 heteroatoms. The maximum absolute atomic E-state index is 13.0. The summed E-state index contributed by atoms with van der Waals surface area (Å²) in [5.74, 6) is -0.285. The van der Waals surface area contributed by atoms with Crippen LogP contribution in [0.15, 0.2) is 52.8 Å². The van der Waals surface area contributed by atoms with E-state index in [1.807, 2.05) is 31.2 Å². The molecule has 0 spiro atoms. The molecular formula is C19H17ClN4O3. The fourth-order valence-corrected chi connectivity index (χ4v) is 3.62. The monoisotopic (exact) mass is 384 g/mol. The fourth-order valence-electron chi connectivity index (χ4n) is 3.36. The molecule has 7 nitrogen and oxygen atoms in total. The molecule has 138 valence electrons. The molecule has 2 amide bonds.